The third-order valence-electron chi connectivity index (χ3n) is 7.09. The van der Waals surface area contributed by atoms with E-state index < -0.39 is 17.9 Å². The van der Waals surface area contributed by atoms with Crippen LogP contribution in [0.1, 0.15) is 38.0 Å². The van der Waals surface area contributed by atoms with E-state index in [2.05, 4.69) is 0 Å². The van der Waals surface area contributed by atoms with Crippen LogP contribution in [0.2, 0.25) is 0 Å². The number of hydrogen-bond acceptors (Lipinski definition) is 5. The fourth-order valence-corrected chi connectivity index (χ4v) is 6.41. The number of fused-ring (bicyclic) bond motifs is 5. The Bertz CT molecular complexity index is 1340. The van der Waals surface area contributed by atoms with Crippen LogP contribution in [0.15, 0.2) is 66.2 Å². The molecule has 0 saturated carbocycles. The smallest absolute Gasteiger partial charge is 0.240 e. The number of nitrogens with zero attached hydrogens (tertiary/aromatic N) is 2. The molecule has 3 aliphatic heterocycles. The molecular formula is C27H22N2O3S. The van der Waals surface area contributed by atoms with Gasteiger partial charge in [-0.15, -0.1) is 11.3 Å². The van der Waals surface area contributed by atoms with Crippen LogP contribution in [0, 0.1) is 25.7 Å². The third-order valence-corrected chi connectivity index (χ3v) is 7.97. The molecule has 6 heteroatoms. The average Bonchev–Trinajstić information content (AvgIpc) is 3.51. The first-order valence-electron chi connectivity index (χ1n) is 11.0. The van der Waals surface area contributed by atoms with E-state index in [1.807, 2.05) is 84.9 Å². The topological polar surface area (TPSA) is 57.7 Å². The van der Waals surface area contributed by atoms with E-state index in [9.17, 15) is 14.4 Å². The summed E-state index contributed by atoms with van der Waals surface area (Å²) >= 11 is 1.37. The molecule has 2 aromatic carbocycles. The number of amides is 2. The Morgan fingerprint density at radius 1 is 0.939 bits per heavy atom. The number of Topliss-reactive ketones (excluding diaryl/α,β-unsaturated/α-hetero) is 1. The Kier molecular flexibility index (Phi) is 4.42. The van der Waals surface area contributed by atoms with E-state index in [0.717, 1.165) is 22.3 Å². The number of hydrogen-bond donors (Lipinski definition) is 0. The third kappa shape index (κ3) is 2.80. The second-order valence-electron chi connectivity index (χ2n) is 8.98. The molecule has 164 valence electrons. The predicted octanol–water partition coefficient (Wildman–Crippen LogP) is 4.76. The largest absolute Gasteiger partial charge is 0.358 e. The molecule has 2 saturated heterocycles. The first-order valence-corrected chi connectivity index (χ1v) is 11.9. The van der Waals surface area contributed by atoms with Crippen LogP contribution in [-0.2, 0) is 9.59 Å². The van der Waals surface area contributed by atoms with E-state index >= 15 is 0 Å². The molecule has 33 heavy (non-hydrogen) atoms. The minimum absolute atomic E-state index is 0.102. The molecular weight excluding hydrogens is 432 g/mol. The predicted molar refractivity (Wildman–Crippen MR) is 128 cm³/mol. The summed E-state index contributed by atoms with van der Waals surface area (Å²) in [5, 5.41) is 1.86. The summed E-state index contributed by atoms with van der Waals surface area (Å²) in [5.41, 5.74) is 4.56. The van der Waals surface area contributed by atoms with Gasteiger partial charge in [-0.2, -0.15) is 0 Å². The lowest BCUT2D eigenvalue weighted by Crippen LogP contribution is -2.44. The van der Waals surface area contributed by atoms with Gasteiger partial charge in [-0.1, -0.05) is 48.0 Å². The van der Waals surface area contributed by atoms with Crippen molar-refractivity contribution in [1.82, 2.24) is 4.90 Å². The van der Waals surface area contributed by atoms with Crippen molar-refractivity contribution in [2.45, 2.75) is 25.9 Å². The lowest BCUT2D eigenvalue weighted by atomic mass is 9.84. The van der Waals surface area contributed by atoms with Gasteiger partial charge in [0.2, 0.25) is 11.8 Å². The number of carbonyl (C=O) groups is 3. The zero-order valence-corrected chi connectivity index (χ0v) is 19.1. The first kappa shape index (κ1) is 20.1. The molecule has 3 aliphatic rings. The molecule has 2 fully saturated rings. The van der Waals surface area contributed by atoms with Crippen LogP contribution in [0.25, 0.3) is 6.08 Å². The molecule has 0 radical (unpaired) electrons. The number of ketones is 1. The van der Waals surface area contributed by atoms with Gasteiger partial charge in [0.15, 0.2) is 5.78 Å². The Morgan fingerprint density at radius 3 is 2.48 bits per heavy atom. The minimum Gasteiger partial charge on any atom is -0.358 e. The Hall–Kier alpha value is -3.51. The van der Waals surface area contributed by atoms with E-state index in [1.54, 1.807) is 6.07 Å². The highest BCUT2D eigenvalue weighted by atomic mass is 32.1. The monoisotopic (exact) mass is 454 g/mol. The molecule has 0 spiro atoms. The zero-order chi connectivity index (χ0) is 22.9. The van der Waals surface area contributed by atoms with Crippen LogP contribution in [0.3, 0.4) is 0 Å². The van der Waals surface area contributed by atoms with Gasteiger partial charge in [0.05, 0.1) is 28.4 Å². The van der Waals surface area contributed by atoms with Crippen LogP contribution < -0.4 is 4.90 Å². The lowest BCUT2D eigenvalue weighted by molar-refractivity contribution is -0.123. The summed E-state index contributed by atoms with van der Waals surface area (Å²) in [6, 6.07) is 16.2. The van der Waals surface area contributed by atoms with E-state index in [-0.39, 0.29) is 23.6 Å². The lowest BCUT2D eigenvalue weighted by Gasteiger charge is -2.35. The number of imide groups is 1. The van der Waals surface area contributed by atoms with Crippen molar-refractivity contribution in [1.29, 1.82) is 0 Å². The standard InChI is InChI=1S/C27H22N2O3S/c1-15-9-10-19(16(2)14-15)29-26(31)21-22(27(29)32)24(25(30)20-8-5-13-33-20)28-12-11-17-6-3-4-7-18(17)23(21)28/h3-14,21-24H,1-2H3/t21-,22+,23+,24+/m0/s1. The van der Waals surface area contributed by atoms with Crippen molar-refractivity contribution in [2.24, 2.45) is 11.8 Å². The summed E-state index contributed by atoms with van der Waals surface area (Å²) in [6.07, 6.45) is 3.86. The van der Waals surface area contributed by atoms with Gasteiger partial charge in [-0.25, -0.2) is 4.90 Å². The van der Waals surface area contributed by atoms with Crippen molar-refractivity contribution in [3.05, 3.63) is 93.3 Å². The van der Waals surface area contributed by atoms with Crippen LogP contribution >= 0.6 is 11.3 Å². The van der Waals surface area contributed by atoms with Gasteiger partial charge < -0.3 is 4.90 Å². The fraction of sp³-hybridized carbons (Fsp3) is 0.222. The molecule has 0 N–H and O–H groups in total. The quantitative estimate of drug-likeness (QED) is 0.423. The van der Waals surface area contributed by atoms with Gasteiger partial charge in [0.25, 0.3) is 0 Å². The highest BCUT2D eigenvalue weighted by molar-refractivity contribution is 7.12. The van der Waals surface area contributed by atoms with Crippen LogP contribution in [0.5, 0.6) is 0 Å². The number of anilines is 1. The van der Waals surface area contributed by atoms with Crippen LogP contribution in [-0.4, -0.2) is 28.5 Å². The number of rotatable bonds is 3. The summed E-state index contributed by atoms with van der Waals surface area (Å²) in [6.45, 7) is 3.90. The Balaban J connectivity index is 1.51. The molecule has 0 unspecified atom stereocenters. The van der Waals surface area contributed by atoms with E-state index in [0.29, 0.717) is 10.6 Å². The Labute approximate surface area is 195 Å². The number of aryl methyl sites for hydroxylation is 2. The summed E-state index contributed by atoms with van der Waals surface area (Å²) in [4.78, 5) is 45.3. The van der Waals surface area contributed by atoms with E-state index in [4.69, 9.17) is 0 Å². The SMILES string of the molecule is Cc1ccc(N2C(=O)[C@@H]3[C@H](C2=O)[C@H]2c4ccccc4C=CN2[C@H]3C(=O)c2cccs2)c(C)c1. The Morgan fingerprint density at radius 2 is 1.73 bits per heavy atom. The number of benzene rings is 2. The highest BCUT2D eigenvalue weighted by Gasteiger charge is 2.64. The van der Waals surface area contributed by atoms with Crippen molar-refractivity contribution in [3.8, 4) is 0 Å². The van der Waals surface area contributed by atoms with Crippen LogP contribution in [0.4, 0.5) is 5.69 Å². The second kappa shape index (κ2) is 7.25. The molecule has 6 rings (SSSR count). The van der Waals surface area contributed by atoms with Gasteiger partial charge in [0.1, 0.15) is 6.04 Å². The van der Waals surface area contributed by atoms with Crippen molar-refractivity contribution >= 4 is 40.7 Å². The first-order chi connectivity index (χ1) is 16.0. The maximum Gasteiger partial charge on any atom is 0.240 e. The second-order valence-corrected chi connectivity index (χ2v) is 9.92. The van der Waals surface area contributed by atoms with Crippen molar-refractivity contribution in [3.63, 3.8) is 0 Å². The van der Waals surface area contributed by atoms with E-state index in [1.165, 1.54) is 16.2 Å². The maximum absolute atomic E-state index is 13.9. The molecule has 2 amide bonds. The average molecular weight is 455 g/mol. The normalized spacial score (nSPS) is 25.3. The van der Waals surface area contributed by atoms with Crippen molar-refractivity contribution in [2.75, 3.05) is 4.90 Å². The molecule has 5 nitrogen and oxygen atoms in total. The summed E-state index contributed by atoms with van der Waals surface area (Å²) < 4.78 is 0. The van der Waals surface area contributed by atoms with Crippen molar-refractivity contribution < 1.29 is 14.4 Å². The molecule has 0 bridgehead atoms. The fourth-order valence-electron chi connectivity index (χ4n) is 5.72. The number of thiophene rings is 1. The highest BCUT2D eigenvalue weighted by Crippen LogP contribution is 2.54. The number of carbonyl (C=O) groups excluding carboxylic acids is 3. The zero-order valence-electron chi connectivity index (χ0n) is 18.3. The molecule has 3 aromatic rings. The summed E-state index contributed by atoms with van der Waals surface area (Å²) in [7, 11) is 0. The minimum atomic E-state index is -0.728. The van der Waals surface area contributed by atoms with Gasteiger partial charge in [-0.3, -0.25) is 14.4 Å². The maximum atomic E-state index is 13.9. The van der Waals surface area contributed by atoms with Gasteiger partial charge in [-0.05, 0) is 54.1 Å². The molecule has 4 atom stereocenters. The molecule has 0 aliphatic carbocycles. The van der Waals surface area contributed by atoms with Gasteiger partial charge >= 0.3 is 0 Å². The van der Waals surface area contributed by atoms with Gasteiger partial charge in [0, 0.05) is 6.20 Å². The summed E-state index contributed by atoms with van der Waals surface area (Å²) in [5.74, 6) is -1.95. The molecule has 4 heterocycles. The molecule has 1 aromatic heterocycles.